The normalized spacial score (nSPS) is 15.7. The van der Waals surface area contributed by atoms with Gasteiger partial charge in [-0.3, -0.25) is 4.79 Å². The van der Waals surface area contributed by atoms with E-state index in [4.69, 9.17) is 9.73 Å². The molecule has 0 aromatic heterocycles. The van der Waals surface area contributed by atoms with Gasteiger partial charge in [-0.15, -0.1) is 35.7 Å². The number of aliphatic imine (C=N–C) groups is 1. The van der Waals surface area contributed by atoms with Crippen molar-refractivity contribution in [3.05, 3.63) is 59.2 Å². The van der Waals surface area contributed by atoms with Gasteiger partial charge >= 0.3 is 0 Å². The minimum Gasteiger partial charge on any atom is -0.368 e. The molecule has 8 heteroatoms. The van der Waals surface area contributed by atoms with E-state index in [-0.39, 0.29) is 36.0 Å². The first-order valence-corrected chi connectivity index (χ1v) is 12.0. The van der Waals surface area contributed by atoms with E-state index in [1.807, 2.05) is 24.3 Å². The molecule has 174 valence electrons. The van der Waals surface area contributed by atoms with Crippen LogP contribution in [-0.2, 0) is 22.6 Å². The maximum Gasteiger partial charge on any atom is 0.253 e. The van der Waals surface area contributed by atoms with Crippen LogP contribution in [0.1, 0.15) is 36.5 Å². The van der Waals surface area contributed by atoms with Crippen LogP contribution in [0.15, 0.2) is 52.4 Å². The number of rotatable bonds is 8. The molecule has 1 heterocycles. The largest absolute Gasteiger partial charge is 0.368 e. The first-order valence-electron chi connectivity index (χ1n) is 10.8. The number of benzene rings is 2. The summed E-state index contributed by atoms with van der Waals surface area (Å²) in [5.41, 5.74) is 4.32. The van der Waals surface area contributed by atoms with Crippen LogP contribution in [0.25, 0.3) is 0 Å². The zero-order valence-electron chi connectivity index (χ0n) is 18.9. The highest BCUT2D eigenvalue weighted by molar-refractivity contribution is 14.0. The van der Waals surface area contributed by atoms with Crippen molar-refractivity contribution in [3.63, 3.8) is 0 Å². The van der Waals surface area contributed by atoms with Crippen LogP contribution in [0, 0.1) is 6.92 Å². The highest BCUT2D eigenvalue weighted by Gasteiger charge is 2.23. The van der Waals surface area contributed by atoms with Crippen LogP contribution < -0.4 is 16.0 Å². The Kier molecular flexibility index (Phi) is 11.3. The van der Waals surface area contributed by atoms with Gasteiger partial charge in [0.1, 0.15) is 6.10 Å². The molecule has 3 N–H and O–H groups in total. The van der Waals surface area contributed by atoms with Crippen molar-refractivity contribution in [3.8, 4) is 0 Å². The Bertz CT molecular complexity index is 917. The van der Waals surface area contributed by atoms with Crippen LogP contribution in [-0.4, -0.2) is 37.4 Å². The smallest absolute Gasteiger partial charge is 0.253 e. The molecule has 0 bridgehead atoms. The van der Waals surface area contributed by atoms with Gasteiger partial charge in [0.15, 0.2) is 5.96 Å². The van der Waals surface area contributed by atoms with Crippen LogP contribution in [0.3, 0.4) is 0 Å². The number of ether oxygens (including phenoxy) is 1. The van der Waals surface area contributed by atoms with Crippen molar-refractivity contribution in [1.29, 1.82) is 0 Å². The molecule has 2 aromatic carbocycles. The molecule has 32 heavy (non-hydrogen) atoms. The number of nitrogens with one attached hydrogen (secondary N) is 3. The second kappa shape index (κ2) is 13.7. The number of thioether (sulfide) groups is 1. The summed E-state index contributed by atoms with van der Waals surface area (Å²) in [5, 5.41) is 9.68. The molecule has 1 fully saturated rings. The summed E-state index contributed by atoms with van der Waals surface area (Å²) in [6.45, 7) is 6.83. The number of hydrogen-bond donors (Lipinski definition) is 3. The van der Waals surface area contributed by atoms with E-state index in [0.717, 1.165) is 36.6 Å². The molecule has 0 aliphatic carbocycles. The van der Waals surface area contributed by atoms with Crippen molar-refractivity contribution >= 4 is 53.3 Å². The van der Waals surface area contributed by atoms with Gasteiger partial charge in [0.05, 0.1) is 6.54 Å². The highest BCUT2D eigenvalue weighted by Crippen LogP contribution is 2.21. The summed E-state index contributed by atoms with van der Waals surface area (Å²) in [6.07, 6.45) is 3.49. The maximum absolute atomic E-state index is 12.3. The summed E-state index contributed by atoms with van der Waals surface area (Å²) >= 11 is 1.76. The molecule has 1 amide bonds. The Morgan fingerprint density at radius 1 is 1.22 bits per heavy atom. The lowest BCUT2D eigenvalue weighted by molar-refractivity contribution is -0.124. The first-order chi connectivity index (χ1) is 15.1. The number of aryl methyl sites for hydroxylation is 1. The number of amides is 1. The van der Waals surface area contributed by atoms with Crippen LogP contribution in [0.4, 0.5) is 5.69 Å². The summed E-state index contributed by atoms with van der Waals surface area (Å²) in [6, 6.07) is 14.3. The highest BCUT2D eigenvalue weighted by atomic mass is 127. The SMILES string of the molecule is CCNC(=NCc1cccc(NC(=O)C2CCCO2)c1)NCc1ccc(C)cc1SC.I. The van der Waals surface area contributed by atoms with Gasteiger partial charge in [0.2, 0.25) is 0 Å². The number of halogens is 1. The lowest BCUT2D eigenvalue weighted by Crippen LogP contribution is -2.36. The monoisotopic (exact) mass is 568 g/mol. The van der Waals surface area contributed by atoms with Gasteiger partial charge < -0.3 is 20.7 Å². The second-order valence-corrected chi connectivity index (χ2v) is 8.40. The van der Waals surface area contributed by atoms with E-state index < -0.39 is 0 Å². The molecule has 2 aromatic rings. The zero-order valence-corrected chi connectivity index (χ0v) is 22.1. The number of hydrogen-bond acceptors (Lipinski definition) is 4. The number of nitrogens with zero attached hydrogens (tertiary/aromatic N) is 1. The fraction of sp³-hybridized carbons (Fsp3) is 0.417. The van der Waals surface area contributed by atoms with Gasteiger partial charge in [-0.25, -0.2) is 4.99 Å². The van der Waals surface area contributed by atoms with Crippen molar-refractivity contribution in [1.82, 2.24) is 10.6 Å². The minimum atomic E-state index is -0.334. The summed E-state index contributed by atoms with van der Waals surface area (Å²) in [5.74, 6) is 0.694. The Morgan fingerprint density at radius 3 is 2.78 bits per heavy atom. The number of carbonyl (C=O) groups is 1. The standard InChI is InChI=1S/C24H32N4O2S.HI/c1-4-25-24(27-16-19-11-10-17(2)13-22(19)31-3)26-15-18-7-5-8-20(14-18)28-23(29)21-9-6-12-30-21;/h5,7-8,10-11,13-14,21H,4,6,9,12,15-16H2,1-3H3,(H,28,29)(H2,25,26,27);1H. The molecule has 0 saturated carbocycles. The van der Waals surface area contributed by atoms with Gasteiger partial charge in [0, 0.05) is 30.3 Å². The average molecular weight is 569 g/mol. The van der Waals surface area contributed by atoms with E-state index in [1.165, 1.54) is 16.0 Å². The van der Waals surface area contributed by atoms with Crippen molar-refractivity contribution < 1.29 is 9.53 Å². The third-order valence-electron chi connectivity index (χ3n) is 5.07. The van der Waals surface area contributed by atoms with E-state index in [9.17, 15) is 4.79 Å². The van der Waals surface area contributed by atoms with Crippen LogP contribution in [0.2, 0.25) is 0 Å². The zero-order chi connectivity index (χ0) is 22.1. The first kappa shape index (κ1) is 26.5. The van der Waals surface area contributed by atoms with Crippen LogP contribution in [0.5, 0.6) is 0 Å². The van der Waals surface area contributed by atoms with E-state index >= 15 is 0 Å². The van der Waals surface area contributed by atoms with Crippen molar-refractivity contribution in [2.75, 3.05) is 24.7 Å². The third kappa shape index (κ3) is 7.97. The van der Waals surface area contributed by atoms with E-state index in [2.05, 4.69) is 54.3 Å². The fourth-order valence-electron chi connectivity index (χ4n) is 3.44. The van der Waals surface area contributed by atoms with Gasteiger partial charge in [0.25, 0.3) is 5.91 Å². The average Bonchev–Trinajstić information content (AvgIpc) is 3.32. The Morgan fingerprint density at radius 2 is 2.06 bits per heavy atom. The lowest BCUT2D eigenvalue weighted by atomic mass is 10.1. The topological polar surface area (TPSA) is 74.8 Å². The molecule has 1 unspecified atom stereocenters. The molecule has 1 atom stereocenters. The molecule has 0 radical (unpaired) electrons. The molecule has 1 saturated heterocycles. The number of carbonyl (C=O) groups excluding carboxylic acids is 1. The van der Waals surface area contributed by atoms with E-state index in [0.29, 0.717) is 19.7 Å². The van der Waals surface area contributed by atoms with E-state index in [1.54, 1.807) is 11.8 Å². The fourth-order valence-corrected chi connectivity index (χ4v) is 4.15. The van der Waals surface area contributed by atoms with Crippen LogP contribution >= 0.6 is 35.7 Å². The Hall–Kier alpha value is -1.78. The maximum atomic E-state index is 12.3. The lowest BCUT2D eigenvalue weighted by Gasteiger charge is -2.14. The summed E-state index contributed by atoms with van der Waals surface area (Å²) in [7, 11) is 0. The summed E-state index contributed by atoms with van der Waals surface area (Å²) < 4.78 is 5.46. The van der Waals surface area contributed by atoms with Gasteiger partial charge in [-0.2, -0.15) is 0 Å². The molecule has 0 spiro atoms. The van der Waals surface area contributed by atoms with Crippen molar-refractivity contribution in [2.24, 2.45) is 4.99 Å². The van der Waals surface area contributed by atoms with Crippen molar-refractivity contribution in [2.45, 2.75) is 50.8 Å². The predicted molar refractivity (Wildman–Crippen MR) is 144 cm³/mol. The molecule has 3 rings (SSSR count). The number of guanidine groups is 1. The van der Waals surface area contributed by atoms with Gasteiger partial charge in [-0.1, -0.05) is 24.3 Å². The third-order valence-corrected chi connectivity index (χ3v) is 5.89. The molecule has 1 aliphatic heterocycles. The van der Waals surface area contributed by atoms with Gasteiger partial charge in [-0.05, 0) is 67.8 Å². The molecular weight excluding hydrogens is 535 g/mol. The molecular formula is C24H33IN4O2S. The number of anilines is 1. The summed E-state index contributed by atoms with van der Waals surface area (Å²) in [4.78, 5) is 18.3. The molecule has 1 aliphatic rings. The predicted octanol–water partition coefficient (Wildman–Crippen LogP) is 4.71. The Balaban J connectivity index is 0.00000363. The second-order valence-electron chi connectivity index (χ2n) is 7.56. The quantitative estimate of drug-likeness (QED) is 0.186. The minimum absolute atomic E-state index is 0. The molecule has 6 nitrogen and oxygen atoms in total. The Labute approximate surface area is 212 Å².